The van der Waals surface area contributed by atoms with E-state index < -0.39 is 0 Å². The molecule has 2 rings (SSSR count). The zero-order valence-electron chi connectivity index (χ0n) is 7.58. The molecule has 0 saturated carbocycles. The van der Waals surface area contributed by atoms with Gasteiger partial charge in [0, 0.05) is 11.3 Å². The van der Waals surface area contributed by atoms with E-state index in [1.807, 2.05) is 13.0 Å². The Morgan fingerprint density at radius 3 is 3.00 bits per heavy atom. The van der Waals surface area contributed by atoms with E-state index in [0.717, 1.165) is 23.3 Å². The molecule has 2 heterocycles. The molecule has 0 aliphatic heterocycles. The summed E-state index contributed by atoms with van der Waals surface area (Å²) in [7, 11) is 0. The van der Waals surface area contributed by atoms with Gasteiger partial charge < -0.3 is 0 Å². The molecule has 0 aliphatic carbocycles. The van der Waals surface area contributed by atoms with Gasteiger partial charge in [-0.1, -0.05) is 18.5 Å². The molecule has 0 unspecified atom stereocenters. The van der Waals surface area contributed by atoms with Crippen LogP contribution in [-0.2, 0) is 6.42 Å². The summed E-state index contributed by atoms with van der Waals surface area (Å²) in [4.78, 5) is 4.43. The molecule has 4 heteroatoms. The first-order chi connectivity index (χ1) is 6.22. The second-order valence-corrected chi connectivity index (χ2v) is 3.37. The van der Waals surface area contributed by atoms with Crippen molar-refractivity contribution in [3.05, 3.63) is 28.7 Å². The van der Waals surface area contributed by atoms with Crippen molar-refractivity contribution >= 4 is 17.2 Å². The van der Waals surface area contributed by atoms with Crippen molar-refractivity contribution in [1.29, 1.82) is 0 Å². The van der Waals surface area contributed by atoms with E-state index in [2.05, 4.69) is 17.0 Å². The first kappa shape index (κ1) is 8.51. The smallest absolute Gasteiger partial charge is 0.159 e. The standard InChI is InChI=1S/C9H10ClN3/c1-3-7-4-8(10)13-9(12-7)6(2)5-11-13/h4-5H,3H2,1-2H3. The molecule has 0 N–H and O–H groups in total. The molecule has 0 radical (unpaired) electrons. The zero-order chi connectivity index (χ0) is 9.42. The third-order valence-electron chi connectivity index (χ3n) is 2.02. The molecule has 0 aromatic carbocycles. The Balaban J connectivity index is 2.80. The number of fused-ring (bicyclic) bond motifs is 1. The Hall–Kier alpha value is -1.09. The third kappa shape index (κ3) is 1.29. The molecule has 0 aliphatic rings. The Bertz CT molecular complexity index is 447. The van der Waals surface area contributed by atoms with Crippen molar-refractivity contribution in [2.75, 3.05) is 0 Å². The summed E-state index contributed by atoms with van der Waals surface area (Å²) in [5.41, 5.74) is 2.91. The quantitative estimate of drug-likeness (QED) is 0.654. The average molecular weight is 196 g/mol. The predicted octanol–water partition coefficient (Wildman–Crippen LogP) is 2.25. The maximum absolute atomic E-state index is 6.01. The lowest BCUT2D eigenvalue weighted by molar-refractivity contribution is 0.912. The molecular formula is C9H10ClN3. The number of aryl methyl sites for hydroxylation is 2. The van der Waals surface area contributed by atoms with Crippen LogP contribution in [0.25, 0.3) is 5.65 Å². The second-order valence-electron chi connectivity index (χ2n) is 2.99. The highest BCUT2D eigenvalue weighted by atomic mass is 35.5. The molecule has 13 heavy (non-hydrogen) atoms. The van der Waals surface area contributed by atoms with Gasteiger partial charge in [0.1, 0.15) is 5.15 Å². The molecule has 0 amide bonds. The summed E-state index contributed by atoms with van der Waals surface area (Å²) in [5.74, 6) is 0. The SMILES string of the molecule is CCc1cc(Cl)n2ncc(C)c2n1. The Morgan fingerprint density at radius 2 is 2.31 bits per heavy atom. The molecule has 0 atom stereocenters. The van der Waals surface area contributed by atoms with Crippen molar-refractivity contribution in [2.24, 2.45) is 0 Å². The van der Waals surface area contributed by atoms with Crippen LogP contribution in [0.5, 0.6) is 0 Å². The minimum Gasteiger partial charge on any atom is -0.233 e. The van der Waals surface area contributed by atoms with Gasteiger partial charge in [-0.15, -0.1) is 0 Å². The molecule has 0 fully saturated rings. The number of rotatable bonds is 1. The summed E-state index contributed by atoms with van der Waals surface area (Å²) < 4.78 is 1.65. The van der Waals surface area contributed by atoms with Gasteiger partial charge in [-0.3, -0.25) is 0 Å². The van der Waals surface area contributed by atoms with E-state index in [1.165, 1.54) is 0 Å². The van der Waals surface area contributed by atoms with Crippen LogP contribution in [-0.4, -0.2) is 14.6 Å². The topological polar surface area (TPSA) is 30.2 Å². The number of hydrogen-bond acceptors (Lipinski definition) is 2. The normalized spacial score (nSPS) is 11.0. The van der Waals surface area contributed by atoms with Crippen molar-refractivity contribution in [1.82, 2.24) is 14.6 Å². The summed E-state index contributed by atoms with van der Waals surface area (Å²) in [6, 6.07) is 1.85. The zero-order valence-corrected chi connectivity index (χ0v) is 8.34. The van der Waals surface area contributed by atoms with Crippen molar-refractivity contribution in [3.63, 3.8) is 0 Å². The fourth-order valence-electron chi connectivity index (χ4n) is 1.26. The van der Waals surface area contributed by atoms with Crippen LogP contribution in [0.1, 0.15) is 18.2 Å². The molecule has 0 bridgehead atoms. The minimum absolute atomic E-state index is 0.620. The molecule has 2 aromatic rings. The maximum atomic E-state index is 6.01. The van der Waals surface area contributed by atoms with Gasteiger partial charge >= 0.3 is 0 Å². The highest BCUT2D eigenvalue weighted by molar-refractivity contribution is 6.29. The van der Waals surface area contributed by atoms with E-state index >= 15 is 0 Å². The van der Waals surface area contributed by atoms with Gasteiger partial charge in [-0.25, -0.2) is 9.50 Å². The lowest BCUT2D eigenvalue weighted by Crippen LogP contribution is -1.96. The highest BCUT2D eigenvalue weighted by Crippen LogP contribution is 2.15. The van der Waals surface area contributed by atoms with Crippen molar-refractivity contribution in [3.8, 4) is 0 Å². The first-order valence-electron chi connectivity index (χ1n) is 4.22. The third-order valence-corrected chi connectivity index (χ3v) is 2.29. The monoisotopic (exact) mass is 195 g/mol. The maximum Gasteiger partial charge on any atom is 0.159 e. The van der Waals surface area contributed by atoms with Crippen molar-refractivity contribution in [2.45, 2.75) is 20.3 Å². The van der Waals surface area contributed by atoms with E-state index in [0.29, 0.717) is 5.15 Å². The number of hydrogen-bond donors (Lipinski definition) is 0. The van der Waals surface area contributed by atoms with E-state index in [1.54, 1.807) is 10.7 Å². The average Bonchev–Trinajstić information content (AvgIpc) is 2.48. The molecular weight excluding hydrogens is 186 g/mol. The molecule has 68 valence electrons. The van der Waals surface area contributed by atoms with E-state index in [9.17, 15) is 0 Å². The molecule has 2 aromatic heterocycles. The van der Waals surface area contributed by atoms with Gasteiger partial charge in [-0.2, -0.15) is 5.10 Å². The Morgan fingerprint density at radius 1 is 1.54 bits per heavy atom. The summed E-state index contributed by atoms with van der Waals surface area (Å²) in [6.07, 6.45) is 2.66. The Kier molecular flexibility index (Phi) is 1.96. The van der Waals surface area contributed by atoms with Crippen LogP contribution in [0.2, 0.25) is 5.15 Å². The van der Waals surface area contributed by atoms with Crippen LogP contribution in [0, 0.1) is 6.92 Å². The second kappa shape index (κ2) is 3.00. The number of aromatic nitrogens is 3. The van der Waals surface area contributed by atoms with Crippen LogP contribution in [0.4, 0.5) is 0 Å². The molecule has 3 nitrogen and oxygen atoms in total. The van der Waals surface area contributed by atoms with Gasteiger partial charge in [0.15, 0.2) is 5.65 Å². The highest BCUT2D eigenvalue weighted by Gasteiger charge is 2.05. The number of halogens is 1. The van der Waals surface area contributed by atoms with Gasteiger partial charge in [-0.05, 0) is 19.4 Å². The van der Waals surface area contributed by atoms with Gasteiger partial charge in [0.25, 0.3) is 0 Å². The summed E-state index contributed by atoms with van der Waals surface area (Å²) in [6.45, 7) is 4.03. The summed E-state index contributed by atoms with van der Waals surface area (Å²) in [5, 5.41) is 4.74. The van der Waals surface area contributed by atoms with Crippen LogP contribution >= 0.6 is 11.6 Å². The van der Waals surface area contributed by atoms with Gasteiger partial charge in [0.2, 0.25) is 0 Å². The molecule has 0 saturated heterocycles. The predicted molar refractivity (Wildman–Crippen MR) is 52.1 cm³/mol. The lowest BCUT2D eigenvalue weighted by Gasteiger charge is -2.00. The fraction of sp³-hybridized carbons (Fsp3) is 0.333. The van der Waals surface area contributed by atoms with Crippen LogP contribution < -0.4 is 0 Å². The van der Waals surface area contributed by atoms with Crippen LogP contribution in [0.3, 0.4) is 0 Å². The number of nitrogens with zero attached hydrogens (tertiary/aromatic N) is 3. The van der Waals surface area contributed by atoms with E-state index in [4.69, 9.17) is 11.6 Å². The van der Waals surface area contributed by atoms with Crippen molar-refractivity contribution < 1.29 is 0 Å². The minimum atomic E-state index is 0.620. The fourth-order valence-corrected chi connectivity index (χ4v) is 1.51. The largest absolute Gasteiger partial charge is 0.233 e. The van der Waals surface area contributed by atoms with Gasteiger partial charge in [0.05, 0.1) is 6.20 Å². The van der Waals surface area contributed by atoms with E-state index in [-0.39, 0.29) is 0 Å². The molecule has 0 spiro atoms. The van der Waals surface area contributed by atoms with Crippen LogP contribution in [0.15, 0.2) is 12.3 Å². The summed E-state index contributed by atoms with van der Waals surface area (Å²) >= 11 is 6.01. The Labute approximate surface area is 81.4 Å². The lowest BCUT2D eigenvalue weighted by atomic mass is 10.3. The first-order valence-corrected chi connectivity index (χ1v) is 4.60.